The normalized spacial score (nSPS) is 11.4. The zero-order chi connectivity index (χ0) is 17.8. The van der Waals surface area contributed by atoms with E-state index in [2.05, 4.69) is 83.3 Å². The van der Waals surface area contributed by atoms with Gasteiger partial charge >= 0.3 is 0 Å². The molecule has 25 heavy (non-hydrogen) atoms. The predicted molar refractivity (Wildman–Crippen MR) is 120 cm³/mol. The van der Waals surface area contributed by atoms with Gasteiger partial charge in [-0.2, -0.15) is 0 Å². The number of fused-ring (bicyclic) bond motifs is 1. The predicted octanol–water partition coefficient (Wildman–Crippen LogP) is 7.01. The fourth-order valence-electron chi connectivity index (χ4n) is 2.90. The molecule has 0 saturated carbocycles. The molecule has 0 amide bonds. The van der Waals surface area contributed by atoms with E-state index in [4.69, 9.17) is 9.15 Å². The highest BCUT2D eigenvalue weighted by Gasteiger charge is 2.14. The molecular formula is C21H22I2O2. The lowest BCUT2D eigenvalue weighted by Crippen LogP contribution is -1.99. The molecule has 0 fully saturated rings. The Morgan fingerprint density at radius 3 is 2.48 bits per heavy atom. The van der Waals surface area contributed by atoms with Crippen molar-refractivity contribution in [3.8, 4) is 0 Å². The van der Waals surface area contributed by atoms with Crippen molar-refractivity contribution in [3.05, 3.63) is 66.0 Å². The summed E-state index contributed by atoms with van der Waals surface area (Å²) in [6.07, 6.45) is 3.28. The van der Waals surface area contributed by atoms with Crippen LogP contribution in [0.2, 0.25) is 0 Å². The van der Waals surface area contributed by atoms with E-state index < -0.39 is 0 Å². The van der Waals surface area contributed by atoms with Gasteiger partial charge in [0.15, 0.2) is 0 Å². The minimum Gasteiger partial charge on any atom is -0.461 e. The summed E-state index contributed by atoms with van der Waals surface area (Å²) in [5.74, 6) is 1.08. The first-order chi connectivity index (χ1) is 12.1. The van der Waals surface area contributed by atoms with Crippen LogP contribution in [0, 0.1) is 14.1 Å². The van der Waals surface area contributed by atoms with Gasteiger partial charge in [-0.3, -0.25) is 0 Å². The minimum atomic E-state index is 0.594. The lowest BCUT2D eigenvalue weighted by atomic mass is 10.1. The third-order valence-electron chi connectivity index (χ3n) is 4.40. The van der Waals surface area contributed by atoms with Gasteiger partial charge < -0.3 is 9.15 Å². The maximum Gasteiger partial charge on any atom is 0.134 e. The number of rotatable bonds is 7. The molecule has 4 heteroatoms. The zero-order valence-corrected chi connectivity index (χ0v) is 18.9. The second-order valence-electron chi connectivity index (χ2n) is 6.28. The molecule has 0 aliphatic heterocycles. The summed E-state index contributed by atoms with van der Waals surface area (Å²) in [6.45, 7) is 5.58. The summed E-state index contributed by atoms with van der Waals surface area (Å²) in [5, 5.41) is 1.18. The summed E-state index contributed by atoms with van der Waals surface area (Å²) < 4.78 is 14.7. The number of furan rings is 1. The smallest absolute Gasteiger partial charge is 0.134 e. The van der Waals surface area contributed by atoms with E-state index in [0.29, 0.717) is 13.2 Å². The highest BCUT2D eigenvalue weighted by atomic mass is 127. The van der Waals surface area contributed by atoms with E-state index in [1.807, 2.05) is 12.1 Å². The summed E-state index contributed by atoms with van der Waals surface area (Å²) >= 11 is 4.79. The van der Waals surface area contributed by atoms with Gasteiger partial charge in [-0.05, 0) is 87.9 Å². The van der Waals surface area contributed by atoms with E-state index in [1.54, 1.807) is 0 Å². The molecule has 1 aromatic heterocycles. The Kier molecular flexibility index (Phi) is 6.79. The van der Waals surface area contributed by atoms with Crippen LogP contribution in [0.1, 0.15) is 42.2 Å². The highest BCUT2D eigenvalue weighted by Crippen LogP contribution is 2.28. The maximum atomic E-state index is 6.08. The van der Waals surface area contributed by atoms with Crippen LogP contribution < -0.4 is 0 Å². The number of aryl methyl sites for hydroxylation is 1. The van der Waals surface area contributed by atoms with E-state index in [0.717, 1.165) is 30.6 Å². The Bertz CT molecular complexity index is 844. The molecule has 0 spiro atoms. The number of hydrogen-bond acceptors (Lipinski definition) is 2. The van der Waals surface area contributed by atoms with Gasteiger partial charge in [-0.15, -0.1) is 0 Å². The van der Waals surface area contributed by atoms with Gasteiger partial charge in [0.25, 0.3) is 0 Å². The monoisotopic (exact) mass is 560 g/mol. The van der Waals surface area contributed by atoms with E-state index in [9.17, 15) is 0 Å². The van der Waals surface area contributed by atoms with Crippen molar-refractivity contribution in [3.63, 3.8) is 0 Å². The number of benzene rings is 2. The Labute approximate surface area is 176 Å². The minimum absolute atomic E-state index is 0.594. The van der Waals surface area contributed by atoms with Crippen LogP contribution in [-0.4, -0.2) is 0 Å². The van der Waals surface area contributed by atoms with Crippen LogP contribution in [-0.2, 0) is 24.4 Å². The van der Waals surface area contributed by atoms with Crippen LogP contribution >= 0.6 is 45.2 Å². The molecule has 0 aliphatic rings. The quantitative estimate of drug-likeness (QED) is 0.290. The van der Waals surface area contributed by atoms with E-state index in [-0.39, 0.29) is 0 Å². The van der Waals surface area contributed by atoms with Crippen LogP contribution in [0.15, 0.2) is 40.8 Å². The second kappa shape index (κ2) is 8.86. The van der Waals surface area contributed by atoms with Gasteiger partial charge in [-0.1, -0.05) is 31.5 Å². The SMILES string of the molecule is CCCCc1oc2ccccc2c1COCc1cc(I)c(C)c(I)c1. The molecule has 0 N–H and O–H groups in total. The summed E-state index contributed by atoms with van der Waals surface area (Å²) in [4.78, 5) is 0. The number of halogens is 2. The van der Waals surface area contributed by atoms with Crippen molar-refractivity contribution < 1.29 is 9.15 Å². The van der Waals surface area contributed by atoms with Crippen LogP contribution in [0.3, 0.4) is 0 Å². The first-order valence-electron chi connectivity index (χ1n) is 8.61. The molecule has 0 radical (unpaired) electrons. The van der Waals surface area contributed by atoms with Gasteiger partial charge in [0, 0.05) is 24.5 Å². The van der Waals surface area contributed by atoms with Crippen molar-refractivity contribution in [2.24, 2.45) is 0 Å². The molecule has 2 aromatic carbocycles. The van der Waals surface area contributed by atoms with Crippen LogP contribution in [0.5, 0.6) is 0 Å². The molecule has 0 unspecified atom stereocenters. The van der Waals surface area contributed by atoms with E-state index >= 15 is 0 Å². The Hall–Kier alpha value is -0.600. The zero-order valence-electron chi connectivity index (χ0n) is 14.6. The summed E-state index contributed by atoms with van der Waals surface area (Å²) in [5.41, 5.74) is 4.74. The molecule has 0 saturated heterocycles. The Morgan fingerprint density at radius 1 is 1.04 bits per heavy atom. The lowest BCUT2D eigenvalue weighted by Gasteiger charge is -2.09. The largest absolute Gasteiger partial charge is 0.461 e. The topological polar surface area (TPSA) is 22.4 Å². The van der Waals surface area contributed by atoms with Gasteiger partial charge in [0.05, 0.1) is 13.2 Å². The highest BCUT2D eigenvalue weighted by molar-refractivity contribution is 14.1. The van der Waals surface area contributed by atoms with Gasteiger partial charge in [-0.25, -0.2) is 0 Å². The van der Waals surface area contributed by atoms with Crippen LogP contribution in [0.25, 0.3) is 11.0 Å². The molecular weight excluding hydrogens is 538 g/mol. The first-order valence-corrected chi connectivity index (χ1v) is 10.8. The summed E-state index contributed by atoms with van der Waals surface area (Å²) in [6, 6.07) is 12.7. The number of para-hydroxylation sites is 1. The fourth-order valence-corrected chi connectivity index (χ4v) is 4.80. The molecule has 0 atom stereocenters. The van der Waals surface area contributed by atoms with Crippen molar-refractivity contribution in [2.75, 3.05) is 0 Å². The maximum absolute atomic E-state index is 6.08. The van der Waals surface area contributed by atoms with Crippen molar-refractivity contribution in [2.45, 2.75) is 46.3 Å². The van der Waals surface area contributed by atoms with Gasteiger partial charge in [0.1, 0.15) is 11.3 Å². The second-order valence-corrected chi connectivity index (χ2v) is 8.61. The molecule has 132 valence electrons. The molecule has 2 nitrogen and oxygen atoms in total. The van der Waals surface area contributed by atoms with E-state index in [1.165, 1.54) is 29.2 Å². The van der Waals surface area contributed by atoms with Crippen LogP contribution in [0.4, 0.5) is 0 Å². The average molecular weight is 560 g/mol. The first kappa shape index (κ1) is 19.2. The fraction of sp³-hybridized carbons (Fsp3) is 0.333. The van der Waals surface area contributed by atoms with Crippen molar-refractivity contribution in [1.82, 2.24) is 0 Å². The number of ether oxygens (including phenoxy) is 1. The molecule has 3 aromatic rings. The standard InChI is InChI=1S/C21H22I2O2/c1-3-4-8-21-17(16-7-5-6-9-20(16)25-21)13-24-12-15-10-18(22)14(2)19(23)11-15/h5-7,9-11H,3-4,8,12-13H2,1-2H3. The lowest BCUT2D eigenvalue weighted by molar-refractivity contribution is 0.106. The van der Waals surface area contributed by atoms with Gasteiger partial charge in [0.2, 0.25) is 0 Å². The number of unbranched alkanes of at least 4 members (excludes halogenated alkanes) is 1. The molecule has 3 rings (SSSR count). The van der Waals surface area contributed by atoms with Crippen molar-refractivity contribution >= 4 is 56.2 Å². The Balaban J connectivity index is 1.76. The molecule has 0 bridgehead atoms. The number of hydrogen-bond donors (Lipinski definition) is 0. The van der Waals surface area contributed by atoms with Crippen molar-refractivity contribution in [1.29, 1.82) is 0 Å². The summed E-state index contributed by atoms with van der Waals surface area (Å²) in [7, 11) is 0. The molecule has 0 aliphatic carbocycles. The third kappa shape index (κ3) is 4.57. The Morgan fingerprint density at radius 2 is 1.76 bits per heavy atom. The third-order valence-corrected chi connectivity index (χ3v) is 6.64. The molecule has 1 heterocycles. The average Bonchev–Trinajstić information content (AvgIpc) is 2.95.